The van der Waals surface area contributed by atoms with Gasteiger partial charge in [-0.25, -0.2) is 0 Å². The number of aromatic nitrogens is 3. The van der Waals surface area contributed by atoms with Crippen LogP contribution in [0.25, 0.3) is 0 Å². The summed E-state index contributed by atoms with van der Waals surface area (Å²) in [5.41, 5.74) is -0.357. The second-order valence-electron chi connectivity index (χ2n) is 6.85. The average Bonchev–Trinajstić information content (AvgIpc) is 3.14. The Morgan fingerprint density at radius 3 is 2.88 bits per heavy atom. The topological polar surface area (TPSA) is 62.7 Å². The maximum absolute atomic E-state index is 13.1. The Hall–Kier alpha value is -1.47. The molecule has 5 nitrogen and oxygen atoms in total. The fraction of sp³-hybridized carbons (Fsp3) is 0.588. The number of nitrogens with zero attached hydrogens (tertiary/aromatic N) is 2. The minimum Gasteiger partial charge on any atom is -0.348 e. The number of carbonyl (C=O) groups excluding carboxylic acids is 1. The molecule has 1 amide bonds. The highest BCUT2D eigenvalue weighted by molar-refractivity contribution is 7.71. The van der Waals surface area contributed by atoms with Gasteiger partial charge in [0.25, 0.3) is 0 Å². The highest BCUT2D eigenvalue weighted by atomic mass is 32.1. The minimum absolute atomic E-state index is 0.140. The Bertz CT molecular complexity index is 767. The van der Waals surface area contributed by atoms with E-state index < -0.39 is 0 Å². The van der Waals surface area contributed by atoms with Crippen molar-refractivity contribution in [3.63, 3.8) is 0 Å². The van der Waals surface area contributed by atoms with Gasteiger partial charge in [-0.1, -0.05) is 25.3 Å². The molecule has 0 aromatic carbocycles. The van der Waals surface area contributed by atoms with Crippen molar-refractivity contribution in [2.24, 2.45) is 0 Å². The molecule has 0 atom stereocenters. The van der Waals surface area contributed by atoms with E-state index in [1.807, 2.05) is 6.07 Å². The van der Waals surface area contributed by atoms with Gasteiger partial charge in [0.2, 0.25) is 5.91 Å². The molecular weight excluding hydrogens is 340 g/mol. The Morgan fingerprint density at radius 2 is 2.21 bits per heavy atom. The third kappa shape index (κ3) is 2.84. The SMILES string of the molecule is O=C(NCc1n[nH]c(=S)n1C1CC1)C1(c2cccs2)CCCCC1. The third-order valence-corrected chi connectivity index (χ3v) is 6.59. The molecule has 0 radical (unpaired) electrons. The van der Waals surface area contributed by atoms with E-state index >= 15 is 0 Å². The molecule has 128 valence electrons. The molecule has 0 spiro atoms. The predicted molar refractivity (Wildman–Crippen MR) is 96.6 cm³/mol. The summed E-state index contributed by atoms with van der Waals surface area (Å²) in [7, 11) is 0. The van der Waals surface area contributed by atoms with Crippen LogP contribution in [0.4, 0.5) is 0 Å². The zero-order chi connectivity index (χ0) is 16.6. The molecular formula is C17H22N4OS2. The molecule has 4 rings (SSSR count). The number of H-pyrrole nitrogens is 1. The van der Waals surface area contributed by atoms with Crippen molar-refractivity contribution >= 4 is 29.5 Å². The summed E-state index contributed by atoms with van der Waals surface area (Å²) in [6.45, 7) is 0.440. The first kappa shape index (κ1) is 16.0. The summed E-state index contributed by atoms with van der Waals surface area (Å²) in [4.78, 5) is 14.3. The van der Waals surface area contributed by atoms with Gasteiger partial charge in [0.1, 0.15) is 0 Å². The van der Waals surface area contributed by atoms with Gasteiger partial charge in [-0.2, -0.15) is 5.10 Å². The van der Waals surface area contributed by atoms with E-state index in [0.717, 1.165) is 44.3 Å². The largest absolute Gasteiger partial charge is 0.348 e. The quantitative estimate of drug-likeness (QED) is 0.794. The van der Waals surface area contributed by atoms with Crippen molar-refractivity contribution < 1.29 is 4.79 Å². The Labute approximate surface area is 150 Å². The zero-order valence-corrected chi connectivity index (χ0v) is 15.2. The number of amides is 1. The lowest BCUT2D eigenvalue weighted by Gasteiger charge is -2.35. The second-order valence-corrected chi connectivity index (χ2v) is 8.18. The standard InChI is InChI=1S/C17H22N4OS2/c22-15(17(8-2-1-3-9-17)13-5-4-10-24-13)18-11-14-19-20-16(23)21(14)12-6-7-12/h4-5,10,12H,1-3,6-9,11H2,(H,18,22)(H,20,23). The van der Waals surface area contributed by atoms with E-state index in [4.69, 9.17) is 12.2 Å². The first-order valence-corrected chi connectivity index (χ1v) is 9.97. The first-order valence-electron chi connectivity index (χ1n) is 8.69. The summed E-state index contributed by atoms with van der Waals surface area (Å²) in [5.74, 6) is 0.980. The van der Waals surface area contributed by atoms with E-state index in [-0.39, 0.29) is 11.3 Å². The highest BCUT2D eigenvalue weighted by Crippen LogP contribution is 2.42. The summed E-state index contributed by atoms with van der Waals surface area (Å²) in [6.07, 6.45) is 7.63. The van der Waals surface area contributed by atoms with E-state index in [9.17, 15) is 4.79 Å². The van der Waals surface area contributed by atoms with Crippen LogP contribution in [0.15, 0.2) is 17.5 Å². The monoisotopic (exact) mass is 362 g/mol. The second kappa shape index (κ2) is 6.44. The zero-order valence-electron chi connectivity index (χ0n) is 13.6. The smallest absolute Gasteiger partial charge is 0.231 e. The van der Waals surface area contributed by atoms with Crippen LogP contribution >= 0.6 is 23.6 Å². The lowest BCUT2D eigenvalue weighted by atomic mass is 9.72. The molecule has 2 aromatic heterocycles. The van der Waals surface area contributed by atoms with Gasteiger partial charge >= 0.3 is 0 Å². The van der Waals surface area contributed by atoms with Crippen LogP contribution in [0.3, 0.4) is 0 Å². The van der Waals surface area contributed by atoms with Gasteiger partial charge in [0, 0.05) is 10.9 Å². The fourth-order valence-corrected chi connectivity index (χ4v) is 5.07. The Kier molecular flexibility index (Phi) is 4.30. The number of hydrogen-bond acceptors (Lipinski definition) is 4. The number of rotatable bonds is 5. The molecule has 0 bridgehead atoms. The van der Waals surface area contributed by atoms with Crippen LogP contribution < -0.4 is 5.32 Å². The normalized spacial score (nSPS) is 20.0. The molecule has 7 heteroatoms. The molecule has 2 saturated carbocycles. The summed E-state index contributed by atoms with van der Waals surface area (Å²) >= 11 is 7.01. The Balaban J connectivity index is 1.53. The van der Waals surface area contributed by atoms with Crippen molar-refractivity contribution in [3.05, 3.63) is 33.0 Å². The summed E-state index contributed by atoms with van der Waals surface area (Å²) in [6, 6.07) is 4.61. The van der Waals surface area contributed by atoms with E-state index in [0.29, 0.717) is 17.4 Å². The molecule has 2 N–H and O–H groups in total. The Morgan fingerprint density at radius 1 is 1.42 bits per heavy atom. The number of carbonyl (C=O) groups is 1. The van der Waals surface area contributed by atoms with E-state index in [1.165, 1.54) is 11.3 Å². The molecule has 2 aromatic rings. The molecule has 2 fully saturated rings. The van der Waals surface area contributed by atoms with Crippen LogP contribution in [-0.2, 0) is 16.8 Å². The maximum atomic E-state index is 13.1. The molecule has 0 saturated heterocycles. The van der Waals surface area contributed by atoms with Gasteiger partial charge in [0.15, 0.2) is 10.6 Å². The van der Waals surface area contributed by atoms with Gasteiger partial charge < -0.3 is 5.32 Å². The average molecular weight is 363 g/mol. The summed E-state index contributed by atoms with van der Waals surface area (Å²) in [5, 5.41) is 12.4. The highest BCUT2D eigenvalue weighted by Gasteiger charge is 2.42. The van der Waals surface area contributed by atoms with Gasteiger partial charge in [-0.15, -0.1) is 11.3 Å². The number of hydrogen-bond donors (Lipinski definition) is 2. The molecule has 0 aliphatic heterocycles. The van der Waals surface area contributed by atoms with Gasteiger partial charge in [-0.3, -0.25) is 14.5 Å². The molecule has 2 aliphatic rings. The van der Waals surface area contributed by atoms with Crippen molar-refractivity contribution in [2.75, 3.05) is 0 Å². The number of thiophene rings is 1. The fourth-order valence-electron chi connectivity index (χ4n) is 3.79. The number of aromatic amines is 1. The van der Waals surface area contributed by atoms with Crippen molar-refractivity contribution in [1.29, 1.82) is 0 Å². The van der Waals surface area contributed by atoms with Crippen LogP contribution in [0, 0.1) is 4.77 Å². The molecule has 24 heavy (non-hydrogen) atoms. The molecule has 2 aliphatic carbocycles. The van der Waals surface area contributed by atoms with Crippen LogP contribution in [0.1, 0.15) is 61.7 Å². The van der Waals surface area contributed by atoms with E-state index in [2.05, 4.69) is 31.5 Å². The van der Waals surface area contributed by atoms with Crippen molar-refractivity contribution in [3.8, 4) is 0 Å². The first-order chi connectivity index (χ1) is 11.7. The lowest BCUT2D eigenvalue weighted by Crippen LogP contribution is -2.45. The number of nitrogens with one attached hydrogen (secondary N) is 2. The lowest BCUT2D eigenvalue weighted by molar-refractivity contribution is -0.128. The minimum atomic E-state index is -0.357. The third-order valence-electron chi connectivity index (χ3n) is 5.23. The van der Waals surface area contributed by atoms with Crippen LogP contribution in [-0.4, -0.2) is 20.7 Å². The van der Waals surface area contributed by atoms with Crippen LogP contribution in [0.2, 0.25) is 0 Å². The van der Waals surface area contributed by atoms with Crippen molar-refractivity contribution in [2.45, 2.75) is 62.9 Å². The molecule has 0 unspecified atom stereocenters. The maximum Gasteiger partial charge on any atom is 0.231 e. The van der Waals surface area contributed by atoms with Gasteiger partial charge in [0.05, 0.1) is 12.0 Å². The van der Waals surface area contributed by atoms with E-state index in [1.54, 1.807) is 11.3 Å². The van der Waals surface area contributed by atoms with Crippen molar-refractivity contribution in [1.82, 2.24) is 20.1 Å². The van der Waals surface area contributed by atoms with Gasteiger partial charge in [-0.05, 0) is 49.3 Å². The van der Waals surface area contributed by atoms with Crippen LogP contribution in [0.5, 0.6) is 0 Å². The predicted octanol–water partition coefficient (Wildman–Crippen LogP) is 3.86. The summed E-state index contributed by atoms with van der Waals surface area (Å²) < 4.78 is 2.72. The molecule has 2 heterocycles.